The molecule has 112 valence electrons. The van der Waals surface area contributed by atoms with E-state index in [1.165, 1.54) is 0 Å². The summed E-state index contributed by atoms with van der Waals surface area (Å²) in [7, 11) is -3.64. The normalized spacial score (nSPS) is 12.3. The molecule has 0 spiro atoms. The molecule has 1 aromatic carbocycles. The second-order valence-electron chi connectivity index (χ2n) is 4.75. The highest BCUT2D eigenvalue weighted by molar-refractivity contribution is 7.89. The lowest BCUT2D eigenvalue weighted by Crippen LogP contribution is -2.54. The minimum atomic E-state index is -3.64. The molecular weight excluding hydrogens is 278 g/mol. The van der Waals surface area contributed by atoms with Crippen molar-refractivity contribution < 1.29 is 18.3 Å². The van der Waals surface area contributed by atoms with E-state index in [-0.39, 0.29) is 18.6 Å². The summed E-state index contributed by atoms with van der Waals surface area (Å²) < 4.78 is 26.5. The van der Waals surface area contributed by atoms with Crippen molar-refractivity contribution in [3.8, 4) is 0 Å². The molecule has 0 fully saturated rings. The number of aliphatic carboxylic acids is 1. The molecule has 0 aromatic heterocycles. The van der Waals surface area contributed by atoms with Gasteiger partial charge in [0.2, 0.25) is 10.0 Å². The van der Waals surface area contributed by atoms with Crippen molar-refractivity contribution in [1.29, 1.82) is 0 Å². The molecule has 0 bridgehead atoms. The molecule has 2 N–H and O–H groups in total. The van der Waals surface area contributed by atoms with Crippen LogP contribution in [-0.4, -0.2) is 30.8 Å². The van der Waals surface area contributed by atoms with Crippen LogP contribution in [0.4, 0.5) is 0 Å². The summed E-state index contributed by atoms with van der Waals surface area (Å²) in [6.07, 6.45) is 0.784. The van der Waals surface area contributed by atoms with Crippen LogP contribution in [0.2, 0.25) is 0 Å². The molecule has 0 aliphatic heterocycles. The largest absolute Gasteiger partial charge is 0.480 e. The van der Waals surface area contributed by atoms with Crippen LogP contribution in [0.25, 0.3) is 0 Å². The molecule has 6 heteroatoms. The molecule has 0 amide bonds. The Hall–Kier alpha value is -1.40. The molecule has 0 atom stereocenters. The van der Waals surface area contributed by atoms with Crippen LogP contribution in [0.1, 0.15) is 32.3 Å². The molecule has 0 aliphatic rings. The van der Waals surface area contributed by atoms with Gasteiger partial charge < -0.3 is 5.11 Å². The van der Waals surface area contributed by atoms with Crippen molar-refractivity contribution in [1.82, 2.24) is 4.72 Å². The van der Waals surface area contributed by atoms with Crippen LogP contribution in [0.5, 0.6) is 0 Å². The van der Waals surface area contributed by atoms with Gasteiger partial charge in [-0.25, -0.2) is 8.42 Å². The molecule has 0 radical (unpaired) electrons. The van der Waals surface area contributed by atoms with Gasteiger partial charge in [-0.3, -0.25) is 4.79 Å². The summed E-state index contributed by atoms with van der Waals surface area (Å²) in [4.78, 5) is 11.3. The van der Waals surface area contributed by atoms with Crippen molar-refractivity contribution in [2.45, 2.75) is 38.6 Å². The van der Waals surface area contributed by atoms with Gasteiger partial charge in [-0.2, -0.15) is 4.72 Å². The number of hydrogen-bond donors (Lipinski definition) is 2. The molecule has 0 aliphatic carbocycles. The molecular formula is C14H21NO4S. The Morgan fingerprint density at radius 3 is 2.20 bits per heavy atom. The Morgan fingerprint density at radius 2 is 1.75 bits per heavy atom. The molecule has 20 heavy (non-hydrogen) atoms. The zero-order valence-corrected chi connectivity index (χ0v) is 12.6. The number of carboxylic acid groups (broad SMARTS) is 1. The first-order chi connectivity index (χ1) is 9.35. The molecule has 1 rings (SSSR count). The van der Waals surface area contributed by atoms with Gasteiger partial charge in [0.1, 0.15) is 5.54 Å². The van der Waals surface area contributed by atoms with Gasteiger partial charge in [0, 0.05) is 0 Å². The zero-order valence-electron chi connectivity index (χ0n) is 11.8. The first kappa shape index (κ1) is 16.7. The van der Waals surface area contributed by atoms with Crippen LogP contribution in [-0.2, 0) is 21.2 Å². The van der Waals surface area contributed by atoms with E-state index in [2.05, 4.69) is 4.72 Å². The number of benzene rings is 1. The summed E-state index contributed by atoms with van der Waals surface area (Å²) >= 11 is 0. The van der Waals surface area contributed by atoms with Crippen molar-refractivity contribution in [2.24, 2.45) is 0 Å². The predicted molar refractivity (Wildman–Crippen MR) is 78.0 cm³/mol. The maximum absolute atomic E-state index is 12.1. The Morgan fingerprint density at radius 1 is 1.20 bits per heavy atom. The summed E-state index contributed by atoms with van der Waals surface area (Å²) in [5.74, 6) is -1.25. The number of aryl methyl sites for hydroxylation is 1. The fraction of sp³-hybridized carbons (Fsp3) is 0.500. The van der Waals surface area contributed by atoms with Gasteiger partial charge in [-0.15, -0.1) is 0 Å². The average molecular weight is 299 g/mol. The SMILES string of the molecule is CCC(CC)(NS(=O)(=O)CCc1ccccc1)C(=O)O. The van der Waals surface area contributed by atoms with Gasteiger partial charge in [-0.1, -0.05) is 44.2 Å². The quantitative estimate of drug-likeness (QED) is 0.766. The number of hydrogen-bond acceptors (Lipinski definition) is 3. The van der Waals surface area contributed by atoms with Gasteiger partial charge in [0.15, 0.2) is 0 Å². The molecule has 1 aromatic rings. The number of sulfonamides is 1. The van der Waals surface area contributed by atoms with E-state index in [9.17, 15) is 18.3 Å². The number of carbonyl (C=O) groups is 1. The smallest absolute Gasteiger partial charge is 0.324 e. The third-order valence-corrected chi connectivity index (χ3v) is 4.91. The standard InChI is InChI=1S/C14H21NO4S/c1-3-14(4-2,13(16)17)15-20(18,19)11-10-12-8-6-5-7-9-12/h5-9,15H,3-4,10-11H2,1-2H3,(H,16,17). The van der Waals surface area contributed by atoms with Crippen LogP contribution in [0.15, 0.2) is 30.3 Å². The van der Waals surface area contributed by atoms with Crippen molar-refractivity contribution in [3.05, 3.63) is 35.9 Å². The van der Waals surface area contributed by atoms with Crippen molar-refractivity contribution in [3.63, 3.8) is 0 Å². The highest BCUT2D eigenvalue weighted by Gasteiger charge is 2.38. The third kappa shape index (κ3) is 4.31. The van der Waals surface area contributed by atoms with Crippen LogP contribution >= 0.6 is 0 Å². The van der Waals surface area contributed by atoms with E-state index in [0.717, 1.165) is 5.56 Å². The van der Waals surface area contributed by atoms with E-state index in [4.69, 9.17) is 0 Å². The number of nitrogens with one attached hydrogen (secondary N) is 1. The predicted octanol–water partition coefficient (Wildman–Crippen LogP) is 1.79. The molecule has 0 saturated carbocycles. The van der Waals surface area contributed by atoms with Gasteiger partial charge in [-0.05, 0) is 24.8 Å². The van der Waals surface area contributed by atoms with Crippen molar-refractivity contribution in [2.75, 3.05) is 5.75 Å². The van der Waals surface area contributed by atoms with Crippen LogP contribution in [0, 0.1) is 0 Å². The zero-order chi connectivity index (χ0) is 15.2. The molecule has 0 heterocycles. The highest BCUT2D eigenvalue weighted by atomic mass is 32.2. The summed E-state index contributed by atoms with van der Waals surface area (Å²) in [6, 6.07) is 9.24. The van der Waals surface area contributed by atoms with Crippen LogP contribution in [0.3, 0.4) is 0 Å². The third-order valence-electron chi connectivity index (χ3n) is 3.47. The lowest BCUT2D eigenvalue weighted by atomic mass is 9.95. The van der Waals surface area contributed by atoms with E-state index in [0.29, 0.717) is 6.42 Å². The van der Waals surface area contributed by atoms with Crippen LogP contribution < -0.4 is 4.72 Å². The number of carboxylic acids is 1. The topological polar surface area (TPSA) is 83.5 Å². The monoisotopic (exact) mass is 299 g/mol. The Labute approximate surface area is 120 Å². The highest BCUT2D eigenvalue weighted by Crippen LogP contribution is 2.17. The second-order valence-corrected chi connectivity index (χ2v) is 6.59. The molecule has 5 nitrogen and oxygen atoms in total. The Kier molecular flexibility index (Phi) is 5.71. The minimum absolute atomic E-state index is 0.119. The van der Waals surface area contributed by atoms with E-state index < -0.39 is 21.5 Å². The minimum Gasteiger partial charge on any atom is -0.480 e. The second kappa shape index (κ2) is 6.85. The maximum atomic E-state index is 12.1. The first-order valence-corrected chi connectivity index (χ1v) is 8.29. The summed E-state index contributed by atoms with van der Waals surface area (Å²) in [5, 5.41) is 9.25. The summed E-state index contributed by atoms with van der Waals surface area (Å²) in [6.45, 7) is 3.33. The van der Waals surface area contributed by atoms with Gasteiger partial charge >= 0.3 is 5.97 Å². The fourth-order valence-electron chi connectivity index (χ4n) is 1.99. The van der Waals surface area contributed by atoms with Crippen molar-refractivity contribution >= 4 is 16.0 Å². The molecule has 0 unspecified atom stereocenters. The fourth-order valence-corrected chi connectivity index (χ4v) is 3.56. The first-order valence-electron chi connectivity index (χ1n) is 6.64. The summed E-state index contributed by atoms with van der Waals surface area (Å²) in [5.41, 5.74) is -0.498. The molecule has 0 saturated heterocycles. The van der Waals surface area contributed by atoms with Gasteiger partial charge in [0.25, 0.3) is 0 Å². The Balaban J connectivity index is 2.76. The van der Waals surface area contributed by atoms with E-state index in [1.807, 2.05) is 30.3 Å². The lowest BCUT2D eigenvalue weighted by Gasteiger charge is -2.27. The maximum Gasteiger partial charge on any atom is 0.324 e. The van der Waals surface area contributed by atoms with E-state index in [1.54, 1.807) is 13.8 Å². The van der Waals surface area contributed by atoms with Gasteiger partial charge in [0.05, 0.1) is 5.75 Å². The lowest BCUT2D eigenvalue weighted by molar-refractivity contribution is -0.144. The average Bonchev–Trinajstić information content (AvgIpc) is 2.44. The number of rotatable bonds is 8. The Bertz CT molecular complexity index is 536. The van der Waals surface area contributed by atoms with E-state index >= 15 is 0 Å².